The zero-order valence-corrected chi connectivity index (χ0v) is 27.9. The Balaban J connectivity index is 1.64. The van der Waals surface area contributed by atoms with E-state index >= 15 is 4.39 Å². The van der Waals surface area contributed by atoms with E-state index in [1.807, 2.05) is 43.3 Å². The maximum atomic E-state index is 15.5. The minimum Gasteiger partial charge on any atom is -0.507 e. The van der Waals surface area contributed by atoms with E-state index in [4.69, 9.17) is 0 Å². The van der Waals surface area contributed by atoms with E-state index in [0.717, 1.165) is 59.7 Å². The van der Waals surface area contributed by atoms with E-state index in [2.05, 4.69) is 59.0 Å². The fraction of sp³-hybridized carbons (Fsp3) is 0.486. The maximum absolute atomic E-state index is 15.5. The standard InChI is InChI=1S/C37H49F2N3O2/c1-35(2,3)29-20-24(21-30(33(29)43)36(4,5)6)12-13-25-22-27(38)23-31(39)32(25)42(9)34(44)40-37(18-10-11-19-37)26-14-16-28(17-15-26)41(7)8/h14-17,20-23,43H,10-13,18-19H2,1-9H3,(H,40,44). The SMILES string of the molecule is CN(C)c1ccc(C2(NC(=O)N(C)c3c(F)cc(F)cc3CCc3cc(C(C)(C)C)c(O)c(C(C)(C)C)c3)CCCC2)cc1. The van der Waals surface area contributed by atoms with Crippen LogP contribution in [0.4, 0.5) is 25.0 Å². The molecule has 3 aromatic carbocycles. The van der Waals surface area contributed by atoms with Crippen molar-refractivity contribution >= 4 is 17.4 Å². The first kappa shape index (κ1) is 33.3. The van der Waals surface area contributed by atoms with Crippen molar-refractivity contribution in [2.75, 3.05) is 30.9 Å². The largest absolute Gasteiger partial charge is 0.507 e. The van der Waals surface area contributed by atoms with Crippen molar-refractivity contribution in [3.63, 3.8) is 0 Å². The number of carbonyl (C=O) groups excluding carboxylic acids is 1. The number of amides is 2. The Bertz CT molecular complexity index is 1460. The van der Waals surface area contributed by atoms with Gasteiger partial charge in [0.25, 0.3) is 0 Å². The molecule has 2 N–H and O–H groups in total. The molecule has 1 aliphatic carbocycles. The third kappa shape index (κ3) is 7.03. The van der Waals surface area contributed by atoms with Gasteiger partial charge in [-0.3, -0.25) is 4.90 Å². The molecule has 0 heterocycles. The lowest BCUT2D eigenvalue weighted by Gasteiger charge is -2.34. The van der Waals surface area contributed by atoms with Gasteiger partial charge in [0, 0.05) is 32.9 Å². The van der Waals surface area contributed by atoms with E-state index in [0.29, 0.717) is 24.2 Å². The van der Waals surface area contributed by atoms with Gasteiger partial charge in [-0.15, -0.1) is 0 Å². The number of phenolic OH excluding ortho intramolecular Hbond substituents is 1. The number of urea groups is 1. The first-order valence-corrected chi connectivity index (χ1v) is 15.6. The third-order valence-corrected chi connectivity index (χ3v) is 8.96. The number of carbonyl (C=O) groups is 1. The summed E-state index contributed by atoms with van der Waals surface area (Å²) in [6.07, 6.45) is 4.35. The van der Waals surface area contributed by atoms with Crippen LogP contribution in [0.2, 0.25) is 0 Å². The lowest BCUT2D eigenvalue weighted by atomic mass is 9.78. The van der Waals surface area contributed by atoms with Crippen LogP contribution >= 0.6 is 0 Å². The molecule has 5 nitrogen and oxygen atoms in total. The molecule has 0 spiro atoms. The number of rotatable bonds is 7. The van der Waals surface area contributed by atoms with Gasteiger partial charge in [0.1, 0.15) is 17.4 Å². The topological polar surface area (TPSA) is 55.8 Å². The second-order valence-corrected chi connectivity index (χ2v) is 14.7. The van der Waals surface area contributed by atoms with Gasteiger partial charge in [0.2, 0.25) is 0 Å². The molecule has 0 aromatic heterocycles. The molecule has 0 bridgehead atoms. The summed E-state index contributed by atoms with van der Waals surface area (Å²) in [7, 11) is 5.52. The molecule has 7 heteroatoms. The Hall–Kier alpha value is -3.61. The smallest absolute Gasteiger partial charge is 0.322 e. The molecular formula is C37H49F2N3O2. The van der Waals surface area contributed by atoms with Crippen molar-refractivity contribution in [3.8, 4) is 5.75 Å². The molecule has 4 rings (SSSR count). The van der Waals surface area contributed by atoms with Gasteiger partial charge in [-0.1, -0.05) is 78.6 Å². The van der Waals surface area contributed by atoms with Gasteiger partial charge < -0.3 is 15.3 Å². The number of nitrogens with one attached hydrogen (secondary N) is 1. The summed E-state index contributed by atoms with van der Waals surface area (Å²) < 4.78 is 30.1. The third-order valence-electron chi connectivity index (χ3n) is 8.96. The Morgan fingerprint density at radius 2 is 1.41 bits per heavy atom. The van der Waals surface area contributed by atoms with Crippen LogP contribution in [-0.2, 0) is 29.2 Å². The molecule has 44 heavy (non-hydrogen) atoms. The number of hydrogen-bond donors (Lipinski definition) is 2. The zero-order valence-electron chi connectivity index (χ0n) is 27.9. The fourth-order valence-electron chi connectivity index (χ4n) is 6.38. The highest BCUT2D eigenvalue weighted by atomic mass is 19.1. The number of aromatic hydroxyl groups is 1. The van der Waals surface area contributed by atoms with Crippen LogP contribution in [0.15, 0.2) is 48.5 Å². The average molecular weight is 606 g/mol. The van der Waals surface area contributed by atoms with Crippen molar-refractivity contribution in [2.45, 2.75) is 96.4 Å². The summed E-state index contributed by atoms with van der Waals surface area (Å²) in [6.45, 7) is 12.3. The lowest BCUT2D eigenvalue weighted by molar-refractivity contribution is 0.231. The van der Waals surface area contributed by atoms with Crippen LogP contribution in [0, 0.1) is 11.6 Å². The second-order valence-electron chi connectivity index (χ2n) is 14.7. The number of benzene rings is 3. The van der Waals surface area contributed by atoms with Crippen LogP contribution in [0.5, 0.6) is 5.75 Å². The van der Waals surface area contributed by atoms with Crippen molar-refractivity contribution in [1.29, 1.82) is 0 Å². The number of nitrogens with zero attached hydrogens (tertiary/aromatic N) is 2. The first-order valence-electron chi connectivity index (χ1n) is 15.6. The highest BCUT2D eigenvalue weighted by Gasteiger charge is 2.38. The van der Waals surface area contributed by atoms with Crippen molar-refractivity contribution in [2.24, 2.45) is 0 Å². The molecule has 1 saturated carbocycles. The van der Waals surface area contributed by atoms with Crippen LogP contribution in [0.3, 0.4) is 0 Å². The molecule has 0 unspecified atom stereocenters. The lowest BCUT2D eigenvalue weighted by Crippen LogP contribution is -2.49. The van der Waals surface area contributed by atoms with E-state index in [1.165, 1.54) is 11.0 Å². The summed E-state index contributed by atoms with van der Waals surface area (Å²) in [5, 5.41) is 14.4. The molecule has 3 aromatic rings. The highest BCUT2D eigenvalue weighted by Crippen LogP contribution is 2.41. The van der Waals surface area contributed by atoms with Crippen LogP contribution < -0.4 is 15.1 Å². The average Bonchev–Trinajstić information content (AvgIpc) is 3.40. The Kier molecular flexibility index (Phi) is 9.39. The number of phenols is 1. The van der Waals surface area contributed by atoms with Crippen molar-refractivity contribution in [1.82, 2.24) is 5.32 Å². The number of aryl methyl sites for hydroxylation is 2. The Labute approximate surface area is 262 Å². The van der Waals surface area contributed by atoms with Crippen LogP contribution in [0.25, 0.3) is 0 Å². The minimum absolute atomic E-state index is 0.0749. The normalized spacial score (nSPS) is 14.9. The van der Waals surface area contributed by atoms with Gasteiger partial charge in [0.15, 0.2) is 0 Å². The Morgan fingerprint density at radius 3 is 1.91 bits per heavy atom. The Morgan fingerprint density at radius 1 is 0.864 bits per heavy atom. The van der Waals surface area contributed by atoms with Crippen molar-refractivity contribution < 1.29 is 18.7 Å². The molecule has 2 amide bonds. The summed E-state index contributed by atoms with van der Waals surface area (Å²) in [4.78, 5) is 17.1. The first-order chi connectivity index (χ1) is 20.4. The zero-order chi connectivity index (χ0) is 32.6. The number of hydrogen-bond acceptors (Lipinski definition) is 3. The number of halogens is 2. The maximum Gasteiger partial charge on any atom is 0.322 e. The molecule has 1 aliphatic rings. The van der Waals surface area contributed by atoms with Gasteiger partial charge in [-0.2, -0.15) is 0 Å². The van der Waals surface area contributed by atoms with Gasteiger partial charge >= 0.3 is 6.03 Å². The van der Waals surface area contributed by atoms with E-state index < -0.39 is 23.2 Å². The summed E-state index contributed by atoms with van der Waals surface area (Å²) >= 11 is 0. The van der Waals surface area contributed by atoms with Crippen molar-refractivity contribution in [3.05, 3.63) is 88.0 Å². The quantitative estimate of drug-likeness (QED) is 0.283. The van der Waals surface area contributed by atoms with Gasteiger partial charge in [-0.25, -0.2) is 13.6 Å². The fourth-order valence-corrected chi connectivity index (χ4v) is 6.38. The van der Waals surface area contributed by atoms with Crippen LogP contribution in [-0.4, -0.2) is 32.3 Å². The summed E-state index contributed by atoms with van der Waals surface area (Å²) in [5.41, 5.74) is 4.08. The van der Waals surface area contributed by atoms with Crippen LogP contribution in [0.1, 0.15) is 95.0 Å². The van der Waals surface area contributed by atoms with E-state index in [-0.39, 0.29) is 16.5 Å². The second kappa shape index (κ2) is 12.4. The molecule has 0 radical (unpaired) electrons. The molecule has 0 atom stereocenters. The molecule has 0 aliphatic heterocycles. The van der Waals surface area contributed by atoms with E-state index in [1.54, 1.807) is 7.05 Å². The summed E-state index contributed by atoms with van der Waals surface area (Å²) in [6, 6.07) is 13.9. The molecule has 0 saturated heterocycles. The molecule has 238 valence electrons. The number of anilines is 2. The van der Waals surface area contributed by atoms with Gasteiger partial charge in [-0.05, 0) is 82.5 Å². The minimum atomic E-state index is -0.773. The highest BCUT2D eigenvalue weighted by molar-refractivity contribution is 5.93. The predicted octanol–water partition coefficient (Wildman–Crippen LogP) is 8.73. The van der Waals surface area contributed by atoms with Gasteiger partial charge in [0.05, 0.1) is 11.2 Å². The molecule has 1 fully saturated rings. The monoisotopic (exact) mass is 605 g/mol. The molecular weight excluding hydrogens is 556 g/mol. The van der Waals surface area contributed by atoms with E-state index in [9.17, 15) is 14.3 Å². The summed E-state index contributed by atoms with van der Waals surface area (Å²) in [5.74, 6) is -1.16. The predicted molar refractivity (Wildman–Crippen MR) is 177 cm³/mol.